The molecule has 0 bridgehead atoms. The zero-order valence-corrected chi connectivity index (χ0v) is 13.0. The third kappa shape index (κ3) is 3.95. The van der Waals surface area contributed by atoms with Crippen molar-refractivity contribution in [3.05, 3.63) is 29.3 Å². The lowest BCUT2D eigenvalue weighted by Gasteiger charge is -2.41. The van der Waals surface area contributed by atoms with Crippen molar-refractivity contribution in [2.45, 2.75) is 39.0 Å². The van der Waals surface area contributed by atoms with Crippen molar-refractivity contribution in [1.82, 2.24) is 4.90 Å². The van der Waals surface area contributed by atoms with Crippen LogP contribution in [0.3, 0.4) is 0 Å². The lowest BCUT2D eigenvalue weighted by atomic mass is 10.0. The molecule has 1 saturated heterocycles. The molecule has 5 nitrogen and oxygen atoms in total. The summed E-state index contributed by atoms with van der Waals surface area (Å²) in [5.74, 6) is -0.202. The smallest absolute Gasteiger partial charge is 0.335 e. The molecule has 1 N–H and O–H groups in total. The first kappa shape index (κ1) is 15.8. The molecule has 0 radical (unpaired) electrons. The summed E-state index contributed by atoms with van der Waals surface area (Å²) in [6, 6.07) is 4.97. The third-order valence-electron chi connectivity index (χ3n) is 3.56. The van der Waals surface area contributed by atoms with Gasteiger partial charge in [0.25, 0.3) is 0 Å². The van der Waals surface area contributed by atoms with Crippen molar-refractivity contribution in [1.29, 1.82) is 0 Å². The van der Waals surface area contributed by atoms with Crippen LogP contribution in [0.25, 0.3) is 0 Å². The highest BCUT2D eigenvalue weighted by molar-refractivity contribution is 5.88. The fourth-order valence-corrected chi connectivity index (χ4v) is 2.98. The topological polar surface area (TPSA) is 59.0 Å². The van der Waals surface area contributed by atoms with E-state index in [0.29, 0.717) is 6.54 Å². The Kier molecular flexibility index (Phi) is 4.54. The van der Waals surface area contributed by atoms with Crippen LogP contribution in [-0.4, -0.2) is 47.9 Å². The van der Waals surface area contributed by atoms with E-state index >= 15 is 0 Å². The Morgan fingerprint density at radius 1 is 1.52 bits per heavy atom. The number of carboxylic acid groups (broad SMARTS) is 1. The van der Waals surface area contributed by atoms with Crippen LogP contribution in [0.1, 0.15) is 36.7 Å². The lowest BCUT2D eigenvalue weighted by molar-refractivity contribution is -0.130. The second-order valence-electron chi connectivity index (χ2n) is 6.19. The van der Waals surface area contributed by atoms with Gasteiger partial charge in [-0.1, -0.05) is 0 Å². The third-order valence-corrected chi connectivity index (χ3v) is 3.56. The Balaban J connectivity index is 2.21. The van der Waals surface area contributed by atoms with E-state index in [1.54, 1.807) is 25.3 Å². The predicted octanol–water partition coefficient (Wildman–Crippen LogP) is 2.39. The Morgan fingerprint density at radius 3 is 2.81 bits per heavy atom. The number of carbonyl (C=O) groups is 1. The van der Waals surface area contributed by atoms with Gasteiger partial charge >= 0.3 is 5.97 Å². The van der Waals surface area contributed by atoms with E-state index in [2.05, 4.69) is 25.7 Å². The molecule has 5 heteroatoms. The van der Waals surface area contributed by atoms with E-state index in [1.807, 2.05) is 0 Å². The molecule has 116 valence electrons. The van der Waals surface area contributed by atoms with E-state index in [0.717, 1.165) is 24.4 Å². The molecule has 0 saturated carbocycles. The number of methoxy groups -OCH3 is 1. The molecule has 2 rings (SSSR count). The summed E-state index contributed by atoms with van der Waals surface area (Å²) in [6.45, 7) is 8.48. The molecular formula is C16H23NO4. The van der Waals surface area contributed by atoms with E-state index < -0.39 is 5.97 Å². The average molecular weight is 293 g/mol. The minimum Gasteiger partial charge on any atom is -0.496 e. The highest BCUT2D eigenvalue weighted by Crippen LogP contribution is 2.26. The van der Waals surface area contributed by atoms with Crippen LogP contribution in [0.2, 0.25) is 0 Å². The zero-order chi connectivity index (χ0) is 15.6. The molecule has 0 amide bonds. The summed E-state index contributed by atoms with van der Waals surface area (Å²) in [6.07, 6.45) is 0.155. The molecule has 1 aromatic carbocycles. The molecule has 0 spiro atoms. The van der Waals surface area contributed by atoms with E-state index in [1.165, 1.54) is 0 Å². The number of morpholine rings is 1. The molecule has 1 atom stereocenters. The predicted molar refractivity (Wildman–Crippen MR) is 79.9 cm³/mol. The second-order valence-corrected chi connectivity index (χ2v) is 6.19. The van der Waals surface area contributed by atoms with E-state index in [-0.39, 0.29) is 17.3 Å². The summed E-state index contributed by atoms with van der Waals surface area (Å²) in [5.41, 5.74) is 0.976. The van der Waals surface area contributed by atoms with Crippen molar-refractivity contribution in [3.63, 3.8) is 0 Å². The van der Waals surface area contributed by atoms with Gasteiger partial charge in [0.15, 0.2) is 0 Å². The van der Waals surface area contributed by atoms with Crippen LogP contribution in [0.15, 0.2) is 18.2 Å². The van der Waals surface area contributed by atoms with Gasteiger partial charge in [0.05, 0.1) is 24.4 Å². The molecular weight excluding hydrogens is 270 g/mol. The van der Waals surface area contributed by atoms with E-state index in [4.69, 9.17) is 14.6 Å². The first-order valence-corrected chi connectivity index (χ1v) is 7.11. The van der Waals surface area contributed by atoms with Gasteiger partial charge in [-0.25, -0.2) is 4.79 Å². The average Bonchev–Trinajstić information content (AvgIpc) is 2.36. The number of benzene rings is 1. The number of hydrogen-bond acceptors (Lipinski definition) is 4. The van der Waals surface area contributed by atoms with Gasteiger partial charge in [-0.3, -0.25) is 4.90 Å². The zero-order valence-electron chi connectivity index (χ0n) is 13.0. The van der Waals surface area contributed by atoms with Gasteiger partial charge in [0, 0.05) is 25.2 Å². The molecule has 1 unspecified atom stereocenters. The van der Waals surface area contributed by atoms with E-state index in [9.17, 15) is 4.79 Å². The molecule has 0 aromatic heterocycles. The summed E-state index contributed by atoms with van der Waals surface area (Å²) >= 11 is 0. The lowest BCUT2D eigenvalue weighted by Crippen LogP contribution is -2.51. The maximum atomic E-state index is 11.1. The maximum Gasteiger partial charge on any atom is 0.335 e. The van der Waals surface area contributed by atoms with Crippen LogP contribution >= 0.6 is 0 Å². The summed E-state index contributed by atoms with van der Waals surface area (Å²) in [4.78, 5) is 13.4. The van der Waals surface area contributed by atoms with Crippen LogP contribution < -0.4 is 4.74 Å². The normalized spacial score (nSPS) is 22.0. The number of carboxylic acids is 1. The summed E-state index contributed by atoms with van der Waals surface area (Å²) < 4.78 is 11.2. The highest BCUT2D eigenvalue weighted by atomic mass is 16.5. The molecule has 1 fully saturated rings. The first-order valence-electron chi connectivity index (χ1n) is 7.11. The Morgan fingerprint density at radius 2 is 2.24 bits per heavy atom. The molecule has 1 aliphatic heterocycles. The van der Waals surface area contributed by atoms with Crippen molar-refractivity contribution >= 4 is 5.97 Å². The first-order chi connectivity index (χ1) is 9.80. The maximum absolute atomic E-state index is 11.1. The SMILES string of the molecule is COc1ccc(C(=O)O)cc1CN1CC(C)OC(C)(C)C1. The standard InChI is InChI=1S/C16H23NO4/c1-11-8-17(10-16(2,3)21-11)9-13-7-12(15(18)19)5-6-14(13)20-4/h5-7,11H,8-10H2,1-4H3,(H,18,19). The number of aromatic carboxylic acids is 1. The fraction of sp³-hybridized carbons (Fsp3) is 0.562. The van der Waals surface area contributed by atoms with Crippen molar-refractivity contribution < 1.29 is 19.4 Å². The number of nitrogens with zero attached hydrogens (tertiary/aromatic N) is 1. The van der Waals surface area contributed by atoms with Crippen LogP contribution in [0.4, 0.5) is 0 Å². The summed E-state index contributed by atoms with van der Waals surface area (Å²) in [7, 11) is 1.60. The van der Waals surface area contributed by atoms with Gasteiger partial charge in [-0.05, 0) is 39.0 Å². The Hall–Kier alpha value is -1.59. The van der Waals surface area contributed by atoms with Crippen molar-refractivity contribution in [3.8, 4) is 5.75 Å². The molecule has 1 aromatic rings. The second kappa shape index (κ2) is 6.03. The number of rotatable bonds is 4. The van der Waals surface area contributed by atoms with Crippen LogP contribution in [-0.2, 0) is 11.3 Å². The number of ether oxygens (including phenoxy) is 2. The molecule has 1 aliphatic rings. The van der Waals surface area contributed by atoms with Crippen LogP contribution in [0.5, 0.6) is 5.75 Å². The molecule has 1 heterocycles. The minimum atomic E-state index is -0.922. The van der Waals surface area contributed by atoms with Crippen molar-refractivity contribution in [2.75, 3.05) is 20.2 Å². The van der Waals surface area contributed by atoms with Crippen LogP contribution in [0, 0.1) is 0 Å². The highest BCUT2D eigenvalue weighted by Gasteiger charge is 2.31. The molecule has 0 aliphatic carbocycles. The summed E-state index contributed by atoms with van der Waals surface area (Å²) in [5, 5.41) is 9.13. The quantitative estimate of drug-likeness (QED) is 0.923. The molecule has 21 heavy (non-hydrogen) atoms. The minimum absolute atomic E-state index is 0.155. The van der Waals surface area contributed by atoms with Gasteiger partial charge in [0.2, 0.25) is 0 Å². The van der Waals surface area contributed by atoms with Gasteiger partial charge < -0.3 is 14.6 Å². The van der Waals surface area contributed by atoms with Gasteiger partial charge in [0.1, 0.15) is 5.75 Å². The fourth-order valence-electron chi connectivity index (χ4n) is 2.98. The van der Waals surface area contributed by atoms with Gasteiger partial charge in [-0.2, -0.15) is 0 Å². The van der Waals surface area contributed by atoms with Gasteiger partial charge in [-0.15, -0.1) is 0 Å². The Labute approximate surface area is 125 Å². The largest absolute Gasteiger partial charge is 0.496 e. The van der Waals surface area contributed by atoms with Crippen molar-refractivity contribution in [2.24, 2.45) is 0 Å². The monoisotopic (exact) mass is 293 g/mol. The number of hydrogen-bond donors (Lipinski definition) is 1. The Bertz CT molecular complexity index is 527.